The maximum absolute atomic E-state index is 13.0. The molecule has 3 rings (SSSR count). The Morgan fingerprint density at radius 3 is 2.09 bits per heavy atom. The van der Waals surface area contributed by atoms with Crippen molar-refractivity contribution in [2.24, 2.45) is 5.92 Å². The number of piperidine rings is 2. The summed E-state index contributed by atoms with van der Waals surface area (Å²) in [6, 6.07) is 10.3. The molecule has 0 spiro atoms. The molecule has 2 fully saturated rings. The van der Waals surface area contributed by atoms with Gasteiger partial charge in [-0.15, -0.1) is 0 Å². The van der Waals surface area contributed by atoms with E-state index in [1.54, 1.807) is 0 Å². The van der Waals surface area contributed by atoms with Gasteiger partial charge in [-0.2, -0.15) is 0 Å². The average Bonchev–Trinajstić information content (AvgIpc) is 2.84. The molecule has 0 aliphatic carbocycles. The fourth-order valence-electron chi connectivity index (χ4n) is 4.72. The normalized spacial score (nSPS) is 17.8. The minimum atomic E-state index is 0.00719. The number of hydrogen-bond acceptors (Lipinski definition) is 3. The quantitative estimate of drug-likeness (QED) is 0.706. The Bertz CT molecular complexity index is 750. The zero-order chi connectivity index (χ0) is 22.9. The van der Waals surface area contributed by atoms with E-state index in [0.717, 1.165) is 32.1 Å². The Labute approximate surface area is 192 Å². The minimum Gasteiger partial charge on any atom is -0.353 e. The third-order valence-electron chi connectivity index (χ3n) is 6.80. The first-order valence-electron chi connectivity index (χ1n) is 12.2. The lowest BCUT2D eigenvalue weighted by atomic mass is 9.94. The van der Waals surface area contributed by atoms with E-state index < -0.39 is 0 Å². The summed E-state index contributed by atoms with van der Waals surface area (Å²) in [7, 11) is 0. The number of rotatable bonds is 7. The van der Waals surface area contributed by atoms with Crippen molar-refractivity contribution < 1.29 is 14.4 Å². The van der Waals surface area contributed by atoms with Gasteiger partial charge in [0, 0.05) is 57.6 Å². The molecule has 4 amide bonds. The van der Waals surface area contributed by atoms with Crippen LogP contribution in [0.15, 0.2) is 30.3 Å². The maximum atomic E-state index is 13.0. The van der Waals surface area contributed by atoms with E-state index in [0.29, 0.717) is 45.7 Å². The highest BCUT2D eigenvalue weighted by Gasteiger charge is 2.33. The number of likely N-dealkylation sites (tertiary alicyclic amines) is 2. The molecule has 2 aliphatic heterocycles. The first kappa shape index (κ1) is 24.1. The van der Waals surface area contributed by atoms with Gasteiger partial charge in [0.25, 0.3) is 0 Å². The van der Waals surface area contributed by atoms with E-state index in [1.807, 2.05) is 58.9 Å². The lowest BCUT2D eigenvalue weighted by molar-refractivity contribution is -0.138. The van der Waals surface area contributed by atoms with E-state index in [-0.39, 0.29) is 29.8 Å². The summed E-state index contributed by atoms with van der Waals surface area (Å²) < 4.78 is 0. The lowest BCUT2D eigenvalue weighted by Crippen LogP contribution is -2.51. The van der Waals surface area contributed by atoms with Gasteiger partial charge in [0.15, 0.2) is 0 Å². The average molecular weight is 443 g/mol. The summed E-state index contributed by atoms with van der Waals surface area (Å²) in [5, 5.41) is 3.14. The Kier molecular flexibility index (Phi) is 8.94. The van der Waals surface area contributed by atoms with Crippen molar-refractivity contribution in [3.63, 3.8) is 0 Å². The molecule has 0 atom stereocenters. The summed E-state index contributed by atoms with van der Waals surface area (Å²) in [4.78, 5) is 43.5. The van der Waals surface area contributed by atoms with Crippen molar-refractivity contribution in [1.29, 1.82) is 0 Å². The van der Waals surface area contributed by atoms with Gasteiger partial charge in [-0.25, -0.2) is 4.79 Å². The van der Waals surface area contributed by atoms with Gasteiger partial charge in [-0.1, -0.05) is 30.3 Å². The third kappa shape index (κ3) is 6.47. The van der Waals surface area contributed by atoms with Crippen LogP contribution in [0, 0.1) is 5.92 Å². The zero-order valence-electron chi connectivity index (χ0n) is 19.6. The highest BCUT2D eigenvalue weighted by molar-refractivity contribution is 5.80. The van der Waals surface area contributed by atoms with Crippen molar-refractivity contribution in [2.45, 2.75) is 58.4 Å². The first-order chi connectivity index (χ1) is 15.5. The van der Waals surface area contributed by atoms with Crippen molar-refractivity contribution in [3.05, 3.63) is 35.9 Å². The molecule has 2 heterocycles. The summed E-state index contributed by atoms with van der Waals surface area (Å²) in [6.07, 6.45) is 4.33. The fourth-order valence-corrected chi connectivity index (χ4v) is 4.72. The predicted octanol–water partition coefficient (Wildman–Crippen LogP) is 2.90. The van der Waals surface area contributed by atoms with Crippen LogP contribution < -0.4 is 5.32 Å². The van der Waals surface area contributed by atoms with Gasteiger partial charge in [-0.3, -0.25) is 9.59 Å². The van der Waals surface area contributed by atoms with Crippen LogP contribution in [0.5, 0.6) is 0 Å². The molecule has 2 saturated heterocycles. The molecule has 7 nitrogen and oxygen atoms in total. The highest BCUT2D eigenvalue weighted by atomic mass is 16.2. The molecule has 0 aromatic heterocycles. The molecule has 2 aliphatic rings. The summed E-state index contributed by atoms with van der Waals surface area (Å²) in [5.41, 5.74) is 1.17. The SMILES string of the molecule is CCN(CC)C(=O)N1CCC(C(=O)N2CCC(NC(=O)CCc3ccccc3)CC2)CC1. The Hall–Kier alpha value is -2.57. The second-order valence-corrected chi connectivity index (χ2v) is 8.87. The molecule has 0 radical (unpaired) electrons. The summed E-state index contributed by atoms with van der Waals surface area (Å²) >= 11 is 0. The molecule has 176 valence electrons. The standard InChI is InChI=1S/C25H38N4O3/c1-3-27(4-2)25(32)29-16-12-21(13-17-29)24(31)28-18-14-22(15-19-28)26-23(30)11-10-20-8-6-5-7-9-20/h5-9,21-22H,3-4,10-19H2,1-2H3,(H,26,30). The van der Waals surface area contributed by atoms with E-state index in [1.165, 1.54) is 5.56 Å². The predicted molar refractivity (Wildman–Crippen MR) is 125 cm³/mol. The van der Waals surface area contributed by atoms with Crippen LogP contribution in [-0.4, -0.2) is 77.9 Å². The second-order valence-electron chi connectivity index (χ2n) is 8.87. The van der Waals surface area contributed by atoms with Crippen molar-refractivity contribution in [3.8, 4) is 0 Å². The van der Waals surface area contributed by atoms with Crippen molar-refractivity contribution in [1.82, 2.24) is 20.0 Å². The molecule has 1 aromatic carbocycles. The summed E-state index contributed by atoms with van der Waals surface area (Å²) in [6.45, 7) is 8.11. The summed E-state index contributed by atoms with van der Waals surface area (Å²) in [5.74, 6) is 0.311. The van der Waals surface area contributed by atoms with Crippen LogP contribution in [0.2, 0.25) is 0 Å². The molecule has 0 unspecified atom stereocenters. The number of carbonyl (C=O) groups is 3. The van der Waals surface area contributed by atoms with Gasteiger partial charge in [0.2, 0.25) is 11.8 Å². The molecular formula is C25H38N4O3. The van der Waals surface area contributed by atoms with Crippen LogP contribution in [0.3, 0.4) is 0 Å². The van der Waals surface area contributed by atoms with Crippen molar-refractivity contribution in [2.75, 3.05) is 39.3 Å². The Morgan fingerprint density at radius 1 is 0.906 bits per heavy atom. The van der Waals surface area contributed by atoms with Gasteiger partial charge in [0.05, 0.1) is 0 Å². The van der Waals surface area contributed by atoms with Crippen LogP contribution in [0.4, 0.5) is 4.79 Å². The topological polar surface area (TPSA) is 73.0 Å². The Balaban J connectivity index is 1.36. The van der Waals surface area contributed by atoms with Crippen LogP contribution in [0.25, 0.3) is 0 Å². The molecule has 7 heteroatoms. The van der Waals surface area contributed by atoms with Crippen LogP contribution in [0.1, 0.15) is 51.5 Å². The number of nitrogens with zero attached hydrogens (tertiary/aromatic N) is 3. The number of urea groups is 1. The van der Waals surface area contributed by atoms with E-state index in [2.05, 4.69) is 5.32 Å². The van der Waals surface area contributed by atoms with Gasteiger partial charge >= 0.3 is 6.03 Å². The molecular weight excluding hydrogens is 404 g/mol. The van der Waals surface area contributed by atoms with E-state index in [9.17, 15) is 14.4 Å². The van der Waals surface area contributed by atoms with E-state index in [4.69, 9.17) is 0 Å². The lowest BCUT2D eigenvalue weighted by Gasteiger charge is -2.38. The number of nitrogens with one attached hydrogen (secondary N) is 1. The largest absolute Gasteiger partial charge is 0.353 e. The van der Waals surface area contributed by atoms with Gasteiger partial charge < -0.3 is 20.0 Å². The first-order valence-corrected chi connectivity index (χ1v) is 12.2. The highest BCUT2D eigenvalue weighted by Crippen LogP contribution is 2.23. The van der Waals surface area contributed by atoms with Crippen molar-refractivity contribution >= 4 is 17.8 Å². The molecule has 0 bridgehead atoms. The van der Waals surface area contributed by atoms with Gasteiger partial charge in [0.1, 0.15) is 0 Å². The maximum Gasteiger partial charge on any atom is 0.319 e. The molecule has 32 heavy (non-hydrogen) atoms. The third-order valence-corrected chi connectivity index (χ3v) is 6.80. The smallest absolute Gasteiger partial charge is 0.319 e. The monoisotopic (exact) mass is 442 g/mol. The van der Waals surface area contributed by atoms with Crippen LogP contribution in [-0.2, 0) is 16.0 Å². The molecule has 1 N–H and O–H groups in total. The second kappa shape index (κ2) is 11.9. The fraction of sp³-hybridized carbons (Fsp3) is 0.640. The number of carbonyl (C=O) groups excluding carboxylic acids is 3. The van der Waals surface area contributed by atoms with E-state index >= 15 is 0 Å². The number of benzene rings is 1. The minimum absolute atomic E-state index is 0.00719. The number of amides is 4. The number of aryl methyl sites for hydroxylation is 1. The Morgan fingerprint density at radius 2 is 1.50 bits per heavy atom. The van der Waals surface area contributed by atoms with Gasteiger partial charge in [-0.05, 0) is 51.5 Å². The van der Waals surface area contributed by atoms with Crippen LogP contribution >= 0.6 is 0 Å². The molecule has 1 aromatic rings. The number of hydrogen-bond donors (Lipinski definition) is 1. The zero-order valence-corrected chi connectivity index (χ0v) is 19.6. The molecule has 0 saturated carbocycles.